The van der Waals surface area contributed by atoms with E-state index in [1.165, 1.54) is 11.3 Å². The monoisotopic (exact) mass is 377 g/mol. The molecule has 0 saturated carbocycles. The number of aryl methyl sites for hydroxylation is 1. The van der Waals surface area contributed by atoms with E-state index in [4.69, 9.17) is 0 Å². The Morgan fingerprint density at radius 2 is 1.93 bits per heavy atom. The second-order valence-electron chi connectivity index (χ2n) is 6.34. The normalized spacial score (nSPS) is 12.2. The lowest BCUT2D eigenvalue weighted by molar-refractivity contribution is 0.0913. The first-order valence-electron chi connectivity index (χ1n) is 8.64. The molecular formula is C21H19N3O2S. The third-order valence-electron chi connectivity index (χ3n) is 4.50. The second-order valence-corrected chi connectivity index (χ2v) is 7.20. The zero-order valence-electron chi connectivity index (χ0n) is 14.8. The van der Waals surface area contributed by atoms with Crippen LogP contribution in [0.15, 0.2) is 66.2 Å². The van der Waals surface area contributed by atoms with Crippen molar-refractivity contribution in [3.8, 4) is 10.6 Å². The number of aliphatic hydroxyl groups excluding tert-OH is 1. The maximum atomic E-state index is 12.4. The molecule has 0 radical (unpaired) electrons. The molecule has 2 aromatic heterocycles. The Balaban J connectivity index is 1.45. The van der Waals surface area contributed by atoms with Gasteiger partial charge in [-0.05, 0) is 6.07 Å². The first kappa shape index (κ1) is 17.5. The molecule has 0 fully saturated rings. The molecule has 0 aliphatic rings. The van der Waals surface area contributed by atoms with Gasteiger partial charge >= 0.3 is 0 Å². The lowest BCUT2D eigenvalue weighted by atomic mass is 10.1. The number of aromatic nitrogens is 2. The largest absolute Gasteiger partial charge is 0.386 e. The van der Waals surface area contributed by atoms with Crippen molar-refractivity contribution < 1.29 is 9.90 Å². The summed E-state index contributed by atoms with van der Waals surface area (Å²) >= 11 is 1.43. The van der Waals surface area contributed by atoms with Gasteiger partial charge in [0.1, 0.15) is 10.7 Å². The maximum Gasteiger partial charge on any atom is 0.270 e. The first-order chi connectivity index (χ1) is 13.1. The minimum absolute atomic E-state index is 0.130. The molecule has 4 rings (SSSR count). The molecule has 5 nitrogen and oxygen atoms in total. The van der Waals surface area contributed by atoms with Gasteiger partial charge in [0, 0.05) is 47.2 Å². The fourth-order valence-electron chi connectivity index (χ4n) is 3.12. The van der Waals surface area contributed by atoms with Crippen LogP contribution in [0.2, 0.25) is 0 Å². The molecule has 4 aromatic rings. The summed E-state index contributed by atoms with van der Waals surface area (Å²) in [6.45, 7) is 0.130. The van der Waals surface area contributed by atoms with Gasteiger partial charge in [-0.3, -0.25) is 4.79 Å². The Labute approximate surface area is 160 Å². The lowest BCUT2D eigenvalue weighted by Crippen LogP contribution is -2.28. The number of benzene rings is 2. The standard InChI is InChI=1S/C21H19N3O2S/c1-24-12-16(15-9-5-6-10-18(15)24)19(25)11-22-20(26)17-13-27-21(23-17)14-7-3-2-4-8-14/h2-10,12-13,19,25H,11H2,1H3,(H,22,26)/t19-/m1/s1. The summed E-state index contributed by atoms with van der Waals surface area (Å²) in [5.74, 6) is -0.285. The van der Waals surface area contributed by atoms with Gasteiger partial charge < -0.3 is 15.0 Å². The summed E-state index contributed by atoms with van der Waals surface area (Å²) in [5, 5.41) is 16.9. The van der Waals surface area contributed by atoms with Crippen LogP contribution in [-0.4, -0.2) is 27.1 Å². The molecule has 0 spiro atoms. The number of thiazole rings is 1. The fourth-order valence-corrected chi connectivity index (χ4v) is 3.93. The van der Waals surface area contributed by atoms with E-state index in [0.717, 1.165) is 27.0 Å². The Morgan fingerprint density at radius 1 is 1.19 bits per heavy atom. The number of carbonyl (C=O) groups is 1. The van der Waals surface area contributed by atoms with Crippen molar-refractivity contribution in [1.29, 1.82) is 0 Å². The van der Waals surface area contributed by atoms with Crippen LogP contribution in [0, 0.1) is 0 Å². The van der Waals surface area contributed by atoms with Crippen LogP contribution >= 0.6 is 11.3 Å². The number of hydrogen-bond donors (Lipinski definition) is 2. The van der Waals surface area contributed by atoms with E-state index < -0.39 is 6.10 Å². The summed E-state index contributed by atoms with van der Waals surface area (Å²) < 4.78 is 1.97. The molecule has 0 aliphatic heterocycles. The van der Waals surface area contributed by atoms with Gasteiger partial charge in [-0.1, -0.05) is 48.5 Å². The molecule has 2 heterocycles. The van der Waals surface area contributed by atoms with Gasteiger partial charge in [-0.15, -0.1) is 11.3 Å². The summed E-state index contributed by atoms with van der Waals surface area (Å²) in [4.78, 5) is 16.8. The highest BCUT2D eigenvalue weighted by atomic mass is 32.1. The van der Waals surface area contributed by atoms with Crippen LogP contribution < -0.4 is 5.32 Å². The molecule has 2 N–H and O–H groups in total. The van der Waals surface area contributed by atoms with Crippen molar-refractivity contribution in [2.75, 3.05) is 6.54 Å². The lowest BCUT2D eigenvalue weighted by Gasteiger charge is -2.10. The molecule has 6 heteroatoms. The highest BCUT2D eigenvalue weighted by Crippen LogP contribution is 2.26. The van der Waals surface area contributed by atoms with Gasteiger partial charge in [0.05, 0.1) is 6.10 Å². The molecule has 0 saturated heterocycles. The summed E-state index contributed by atoms with van der Waals surface area (Å²) in [5.41, 5.74) is 3.20. The number of aliphatic hydroxyl groups is 1. The number of hydrogen-bond acceptors (Lipinski definition) is 4. The number of amides is 1. The highest BCUT2D eigenvalue weighted by molar-refractivity contribution is 7.13. The molecule has 0 bridgehead atoms. The molecule has 2 aromatic carbocycles. The van der Waals surface area contributed by atoms with E-state index >= 15 is 0 Å². The number of fused-ring (bicyclic) bond motifs is 1. The van der Waals surface area contributed by atoms with Crippen molar-refractivity contribution in [1.82, 2.24) is 14.9 Å². The summed E-state index contributed by atoms with van der Waals surface area (Å²) in [6, 6.07) is 17.6. The summed E-state index contributed by atoms with van der Waals surface area (Å²) in [7, 11) is 1.94. The molecule has 27 heavy (non-hydrogen) atoms. The van der Waals surface area contributed by atoms with Gasteiger partial charge in [0.15, 0.2) is 0 Å². The second kappa shape index (κ2) is 7.34. The minimum Gasteiger partial charge on any atom is -0.386 e. The number of nitrogens with one attached hydrogen (secondary N) is 1. The molecule has 0 aliphatic carbocycles. The van der Waals surface area contributed by atoms with Crippen molar-refractivity contribution >= 4 is 28.1 Å². The van der Waals surface area contributed by atoms with Crippen LogP contribution in [0.4, 0.5) is 0 Å². The Morgan fingerprint density at radius 3 is 2.74 bits per heavy atom. The molecule has 0 unspecified atom stereocenters. The SMILES string of the molecule is Cn1cc([C@H](O)CNC(=O)c2csc(-c3ccccc3)n2)c2ccccc21. The van der Waals surface area contributed by atoms with Crippen LogP contribution in [0.5, 0.6) is 0 Å². The Kier molecular flexibility index (Phi) is 4.75. The Hall–Kier alpha value is -2.96. The fraction of sp³-hybridized carbons (Fsp3) is 0.143. The summed E-state index contributed by atoms with van der Waals surface area (Å²) in [6.07, 6.45) is 1.12. The van der Waals surface area contributed by atoms with Crippen molar-refractivity contribution in [2.24, 2.45) is 7.05 Å². The van der Waals surface area contributed by atoms with Crippen molar-refractivity contribution in [3.05, 3.63) is 77.4 Å². The van der Waals surface area contributed by atoms with Crippen LogP contribution in [0.3, 0.4) is 0 Å². The number of carbonyl (C=O) groups excluding carboxylic acids is 1. The van der Waals surface area contributed by atoms with Gasteiger partial charge in [-0.2, -0.15) is 0 Å². The van der Waals surface area contributed by atoms with Gasteiger partial charge in [-0.25, -0.2) is 4.98 Å². The highest BCUT2D eigenvalue weighted by Gasteiger charge is 2.17. The zero-order valence-corrected chi connectivity index (χ0v) is 15.6. The van der Waals surface area contributed by atoms with Crippen LogP contribution in [0.25, 0.3) is 21.5 Å². The number of rotatable bonds is 5. The van der Waals surface area contributed by atoms with E-state index in [1.807, 2.05) is 72.4 Å². The third kappa shape index (κ3) is 3.49. The predicted molar refractivity (Wildman–Crippen MR) is 108 cm³/mol. The molecule has 1 atom stereocenters. The molecule has 1 amide bonds. The van der Waals surface area contributed by atoms with E-state index in [9.17, 15) is 9.90 Å². The quantitative estimate of drug-likeness (QED) is 0.556. The third-order valence-corrected chi connectivity index (χ3v) is 5.39. The van der Waals surface area contributed by atoms with Crippen LogP contribution in [0.1, 0.15) is 22.2 Å². The number of para-hydroxylation sites is 1. The Bertz CT molecular complexity index is 1090. The molecule has 136 valence electrons. The van der Waals surface area contributed by atoms with Gasteiger partial charge in [0.2, 0.25) is 0 Å². The average molecular weight is 377 g/mol. The van der Waals surface area contributed by atoms with Crippen LogP contribution in [-0.2, 0) is 7.05 Å². The van der Waals surface area contributed by atoms with E-state index in [1.54, 1.807) is 5.38 Å². The minimum atomic E-state index is -0.785. The zero-order chi connectivity index (χ0) is 18.8. The maximum absolute atomic E-state index is 12.4. The van der Waals surface area contributed by atoms with Crippen molar-refractivity contribution in [3.63, 3.8) is 0 Å². The van der Waals surface area contributed by atoms with Crippen molar-refractivity contribution in [2.45, 2.75) is 6.10 Å². The average Bonchev–Trinajstić information content (AvgIpc) is 3.32. The van der Waals surface area contributed by atoms with Gasteiger partial charge in [0.25, 0.3) is 5.91 Å². The topological polar surface area (TPSA) is 67.2 Å². The van der Waals surface area contributed by atoms with E-state index in [-0.39, 0.29) is 12.5 Å². The smallest absolute Gasteiger partial charge is 0.270 e. The predicted octanol–water partition coefficient (Wildman–Crippen LogP) is 3.77. The first-order valence-corrected chi connectivity index (χ1v) is 9.52. The van der Waals surface area contributed by atoms with E-state index in [0.29, 0.717) is 5.69 Å². The number of nitrogens with zero attached hydrogens (tertiary/aromatic N) is 2. The van der Waals surface area contributed by atoms with E-state index in [2.05, 4.69) is 10.3 Å². The molecular weight excluding hydrogens is 358 g/mol.